The Morgan fingerprint density at radius 1 is 1.42 bits per heavy atom. The van der Waals surface area contributed by atoms with E-state index in [0.717, 1.165) is 23.3 Å². The molecule has 1 aromatic carbocycles. The third kappa shape index (κ3) is 2.55. The molecule has 140 valence electrons. The van der Waals surface area contributed by atoms with Gasteiger partial charge in [-0.05, 0) is 31.9 Å². The van der Waals surface area contributed by atoms with Gasteiger partial charge in [0.1, 0.15) is 6.10 Å². The molecule has 0 fully saturated rings. The highest BCUT2D eigenvalue weighted by molar-refractivity contribution is 5.69. The minimum Gasteiger partial charge on any atom is -0.493 e. The quantitative estimate of drug-likeness (QED) is 0.823. The van der Waals surface area contributed by atoms with Crippen LogP contribution in [0.5, 0.6) is 11.5 Å². The number of carbonyl (C=O) groups excluding carboxylic acids is 1. The number of benzene rings is 1. The second-order valence-corrected chi connectivity index (χ2v) is 7.54. The van der Waals surface area contributed by atoms with Crippen molar-refractivity contribution in [2.45, 2.75) is 57.0 Å². The number of nitrogens with zero attached hydrogens (tertiary/aromatic N) is 1. The van der Waals surface area contributed by atoms with E-state index >= 15 is 0 Å². The van der Waals surface area contributed by atoms with Gasteiger partial charge in [0.05, 0.1) is 24.7 Å². The Balaban J connectivity index is 1.79. The number of ether oxygens (including phenoxy) is 3. The first kappa shape index (κ1) is 17.2. The predicted octanol–water partition coefficient (Wildman–Crippen LogP) is 2.77. The minimum absolute atomic E-state index is 0.153. The molecule has 3 atom stereocenters. The fourth-order valence-corrected chi connectivity index (χ4v) is 4.37. The molecule has 1 spiro atoms. The van der Waals surface area contributed by atoms with Gasteiger partial charge < -0.3 is 24.2 Å². The van der Waals surface area contributed by atoms with Crippen molar-refractivity contribution >= 4 is 6.09 Å². The van der Waals surface area contributed by atoms with Crippen molar-refractivity contribution in [1.82, 2.24) is 4.90 Å². The van der Waals surface area contributed by atoms with Crippen LogP contribution in [0, 0.1) is 0 Å². The molecule has 0 saturated carbocycles. The molecule has 26 heavy (non-hydrogen) atoms. The lowest BCUT2D eigenvalue weighted by molar-refractivity contribution is 0.0640. The number of carbonyl (C=O) groups is 1. The highest BCUT2D eigenvalue weighted by Crippen LogP contribution is 2.55. The number of rotatable bonds is 2. The largest absolute Gasteiger partial charge is 0.493 e. The summed E-state index contributed by atoms with van der Waals surface area (Å²) >= 11 is 0. The van der Waals surface area contributed by atoms with Gasteiger partial charge in [0, 0.05) is 25.1 Å². The molecule has 1 N–H and O–H groups in total. The van der Waals surface area contributed by atoms with Crippen molar-refractivity contribution in [3.8, 4) is 11.5 Å². The van der Waals surface area contributed by atoms with E-state index in [1.807, 2.05) is 32.1 Å². The Kier molecular flexibility index (Phi) is 4.10. The first-order valence-corrected chi connectivity index (χ1v) is 9.14. The van der Waals surface area contributed by atoms with Gasteiger partial charge in [0.15, 0.2) is 11.5 Å². The van der Waals surface area contributed by atoms with Gasteiger partial charge in [-0.3, -0.25) is 0 Å². The van der Waals surface area contributed by atoms with E-state index in [0.29, 0.717) is 25.3 Å². The maximum Gasteiger partial charge on any atom is 0.410 e. The molecule has 1 aliphatic carbocycles. The summed E-state index contributed by atoms with van der Waals surface area (Å²) in [4.78, 5) is 14.3. The Morgan fingerprint density at radius 2 is 2.23 bits per heavy atom. The van der Waals surface area contributed by atoms with Crippen molar-refractivity contribution in [2.24, 2.45) is 0 Å². The Morgan fingerprint density at radius 3 is 2.96 bits per heavy atom. The van der Waals surface area contributed by atoms with Gasteiger partial charge >= 0.3 is 6.09 Å². The van der Waals surface area contributed by atoms with E-state index in [1.165, 1.54) is 0 Å². The summed E-state index contributed by atoms with van der Waals surface area (Å²) in [7, 11) is 1.63. The summed E-state index contributed by atoms with van der Waals surface area (Å²) in [5, 5.41) is 10.1. The zero-order valence-corrected chi connectivity index (χ0v) is 15.4. The monoisotopic (exact) mass is 359 g/mol. The molecule has 6 heteroatoms. The number of amides is 1. The molecule has 2 heterocycles. The fraction of sp³-hybridized carbons (Fsp3) is 0.550. The highest BCUT2D eigenvalue weighted by Gasteiger charge is 2.53. The van der Waals surface area contributed by atoms with Crippen molar-refractivity contribution < 1.29 is 24.1 Å². The number of hydrogen-bond acceptors (Lipinski definition) is 5. The number of aliphatic hydroxyl groups excluding tert-OH is 1. The average Bonchev–Trinajstić information content (AvgIpc) is 2.82. The zero-order valence-electron chi connectivity index (χ0n) is 15.4. The maximum atomic E-state index is 12.5. The van der Waals surface area contributed by atoms with Crippen LogP contribution in [0.15, 0.2) is 24.3 Å². The van der Waals surface area contributed by atoms with Gasteiger partial charge in [-0.2, -0.15) is 0 Å². The molecule has 2 aliphatic heterocycles. The molecule has 0 bridgehead atoms. The van der Waals surface area contributed by atoms with Crippen molar-refractivity contribution in [1.29, 1.82) is 0 Å². The zero-order chi connectivity index (χ0) is 18.5. The summed E-state index contributed by atoms with van der Waals surface area (Å²) in [6, 6.07) is 3.89. The predicted molar refractivity (Wildman–Crippen MR) is 95.5 cm³/mol. The lowest BCUT2D eigenvalue weighted by atomic mass is 9.69. The summed E-state index contributed by atoms with van der Waals surface area (Å²) in [6.45, 7) is 4.76. The van der Waals surface area contributed by atoms with Crippen LogP contribution in [-0.4, -0.2) is 48.1 Å². The smallest absolute Gasteiger partial charge is 0.410 e. The molecule has 0 radical (unpaired) electrons. The fourth-order valence-electron chi connectivity index (χ4n) is 4.37. The molecule has 1 aromatic rings. The first-order chi connectivity index (χ1) is 12.4. The molecule has 4 rings (SSSR count). The lowest BCUT2D eigenvalue weighted by Crippen LogP contribution is -2.43. The highest BCUT2D eigenvalue weighted by atomic mass is 16.6. The second-order valence-electron chi connectivity index (χ2n) is 7.54. The van der Waals surface area contributed by atoms with Crippen LogP contribution < -0.4 is 9.47 Å². The molecule has 0 saturated heterocycles. The van der Waals surface area contributed by atoms with Crippen LogP contribution >= 0.6 is 0 Å². The van der Waals surface area contributed by atoms with Crippen LogP contribution in [0.2, 0.25) is 0 Å². The van der Waals surface area contributed by atoms with E-state index in [1.54, 1.807) is 12.0 Å². The summed E-state index contributed by atoms with van der Waals surface area (Å²) in [5.41, 5.74) is 1.79. The van der Waals surface area contributed by atoms with E-state index < -0.39 is 6.10 Å². The maximum absolute atomic E-state index is 12.5. The van der Waals surface area contributed by atoms with Crippen molar-refractivity contribution in [3.63, 3.8) is 0 Å². The van der Waals surface area contributed by atoms with Gasteiger partial charge in [-0.15, -0.1) is 0 Å². The summed E-state index contributed by atoms with van der Waals surface area (Å²) in [6.07, 6.45) is 4.05. The van der Waals surface area contributed by atoms with E-state index in [4.69, 9.17) is 14.2 Å². The average molecular weight is 359 g/mol. The minimum atomic E-state index is -0.514. The van der Waals surface area contributed by atoms with Gasteiger partial charge in [-0.1, -0.05) is 18.2 Å². The second kappa shape index (κ2) is 6.20. The van der Waals surface area contributed by atoms with E-state index in [-0.39, 0.29) is 23.7 Å². The summed E-state index contributed by atoms with van der Waals surface area (Å²) < 4.78 is 17.2. The SMILES string of the molecule is COc1ccc2c3c1OC1CC(O)C=CC31CCN(C(=O)OC(C)C)C2. The van der Waals surface area contributed by atoms with Crippen LogP contribution in [0.4, 0.5) is 4.79 Å². The van der Waals surface area contributed by atoms with Gasteiger partial charge in [-0.25, -0.2) is 4.79 Å². The van der Waals surface area contributed by atoms with Gasteiger partial charge in [0.2, 0.25) is 0 Å². The molecule has 6 nitrogen and oxygen atoms in total. The number of methoxy groups -OCH3 is 1. The topological polar surface area (TPSA) is 68.2 Å². The first-order valence-electron chi connectivity index (χ1n) is 9.14. The summed E-state index contributed by atoms with van der Waals surface area (Å²) in [5.74, 6) is 1.44. The molecule has 3 unspecified atom stereocenters. The van der Waals surface area contributed by atoms with E-state index in [9.17, 15) is 9.90 Å². The van der Waals surface area contributed by atoms with Crippen LogP contribution in [-0.2, 0) is 16.7 Å². The Labute approximate surface area is 153 Å². The Bertz CT molecular complexity index is 759. The van der Waals surface area contributed by atoms with Crippen LogP contribution in [0.1, 0.15) is 37.8 Å². The normalized spacial score (nSPS) is 28.9. The Hall–Kier alpha value is -2.21. The van der Waals surface area contributed by atoms with Crippen LogP contribution in [0.25, 0.3) is 0 Å². The lowest BCUT2D eigenvalue weighted by Gasteiger charge is -2.35. The number of hydrogen-bond donors (Lipinski definition) is 1. The van der Waals surface area contributed by atoms with Crippen molar-refractivity contribution in [3.05, 3.63) is 35.4 Å². The number of aliphatic hydroxyl groups is 1. The van der Waals surface area contributed by atoms with Crippen LogP contribution in [0.3, 0.4) is 0 Å². The van der Waals surface area contributed by atoms with Gasteiger partial charge in [0.25, 0.3) is 0 Å². The van der Waals surface area contributed by atoms with E-state index in [2.05, 4.69) is 6.08 Å². The molecule has 1 amide bonds. The third-order valence-corrected chi connectivity index (χ3v) is 5.55. The standard InChI is InChI=1S/C20H25NO5/c1-12(2)25-19(23)21-9-8-20-7-6-14(22)10-16(20)26-18-15(24-3)5-4-13(11-21)17(18)20/h4-7,12,14,16,22H,8-11H2,1-3H3. The molecular weight excluding hydrogens is 334 g/mol. The molecular formula is C20H25NO5. The third-order valence-electron chi connectivity index (χ3n) is 5.55. The molecule has 3 aliphatic rings. The van der Waals surface area contributed by atoms with Crippen molar-refractivity contribution in [2.75, 3.05) is 13.7 Å². The molecule has 0 aromatic heterocycles.